The summed E-state index contributed by atoms with van der Waals surface area (Å²) in [5.74, 6) is 1.93. The lowest BCUT2D eigenvalue weighted by Crippen LogP contribution is -2.33. The van der Waals surface area contributed by atoms with E-state index in [1.807, 2.05) is 36.6 Å². The zero-order chi connectivity index (χ0) is 21.6. The van der Waals surface area contributed by atoms with Crippen molar-refractivity contribution >= 4 is 17.2 Å². The van der Waals surface area contributed by atoms with Crippen molar-refractivity contribution in [2.75, 3.05) is 27.1 Å². The Labute approximate surface area is 185 Å². The molecule has 0 N–H and O–H groups in total. The van der Waals surface area contributed by atoms with Crippen molar-refractivity contribution in [2.45, 2.75) is 20.1 Å². The minimum Gasteiger partial charge on any atom is -0.486 e. The Hall–Kier alpha value is -3.10. The van der Waals surface area contributed by atoms with Crippen LogP contribution in [-0.2, 0) is 17.9 Å². The van der Waals surface area contributed by atoms with Gasteiger partial charge in [0.05, 0.1) is 18.8 Å². The van der Waals surface area contributed by atoms with Crippen molar-refractivity contribution < 1.29 is 23.7 Å². The molecule has 0 bridgehead atoms. The van der Waals surface area contributed by atoms with Crippen LogP contribution < -0.4 is 14.2 Å². The minimum absolute atomic E-state index is 0.110. The van der Waals surface area contributed by atoms with E-state index < -0.39 is 0 Å². The molecule has 2 heterocycles. The van der Waals surface area contributed by atoms with Gasteiger partial charge in [-0.05, 0) is 37.3 Å². The van der Waals surface area contributed by atoms with Crippen LogP contribution in [0.4, 0.5) is 0 Å². The van der Waals surface area contributed by atoms with E-state index in [4.69, 9.17) is 18.9 Å². The summed E-state index contributed by atoms with van der Waals surface area (Å²) in [5, 5.41) is 2.82. The number of carbonyl (C=O) groups excluding carboxylic acids is 1. The van der Waals surface area contributed by atoms with Crippen molar-refractivity contribution in [3.63, 3.8) is 0 Å². The fourth-order valence-electron chi connectivity index (χ4n) is 3.13. The van der Waals surface area contributed by atoms with Crippen LogP contribution in [0.15, 0.2) is 47.8 Å². The first-order valence-corrected chi connectivity index (χ1v) is 10.8. The second kappa shape index (κ2) is 9.80. The number of methoxy groups -OCH3 is 1. The highest BCUT2D eigenvalue weighted by Crippen LogP contribution is 2.33. The lowest BCUT2D eigenvalue weighted by atomic mass is 10.1. The standard InChI is InChI=1S/C23H24N2O5S/c1-16-3-6-19(7-4-16)28-13-22-24-18(14-31-22)12-25(9-10-27-2)23(26)17-5-8-20-21(11-17)30-15-29-20/h3-8,11,14H,9-10,12-13,15H2,1-2H3. The van der Waals surface area contributed by atoms with Crippen LogP contribution in [0.2, 0.25) is 0 Å². The van der Waals surface area contributed by atoms with E-state index in [0.29, 0.717) is 43.4 Å². The molecule has 4 rings (SSSR count). The normalized spacial score (nSPS) is 12.1. The number of nitrogens with zero attached hydrogens (tertiary/aromatic N) is 2. The molecule has 1 aromatic heterocycles. The van der Waals surface area contributed by atoms with Gasteiger partial charge in [0, 0.05) is 24.6 Å². The minimum atomic E-state index is -0.110. The summed E-state index contributed by atoms with van der Waals surface area (Å²) in [6.07, 6.45) is 0. The molecule has 7 nitrogen and oxygen atoms in total. The Morgan fingerprint density at radius 1 is 1.16 bits per heavy atom. The molecule has 8 heteroatoms. The number of rotatable bonds is 9. The summed E-state index contributed by atoms with van der Waals surface area (Å²) in [6.45, 7) is 3.88. The van der Waals surface area contributed by atoms with Crippen LogP contribution in [0.5, 0.6) is 17.2 Å². The highest BCUT2D eigenvalue weighted by atomic mass is 32.1. The number of hydrogen-bond donors (Lipinski definition) is 0. The van der Waals surface area contributed by atoms with E-state index in [-0.39, 0.29) is 12.7 Å². The van der Waals surface area contributed by atoms with Crippen LogP contribution >= 0.6 is 11.3 Å². The molecule has 0 fully saturated rings. The number of hydrogen-bond acceptors (Lipinski definition) is 7. The van der Waals surface area contributed by atoms with Crippen molar-refractivity contribution in [2.24, 2.45) is 0 Å². The maximum absolute atomic E-state index is 13.1. The quantitative estimate of drug-likeness (QED) is 0.500. The molecule has 3 aromatic rings. The van der Waals surface area contributed by atoms with E-state index >= 15 is 0 Å². The van der Waals surface area contributed by atoms with Gasteiger partial charge in [-0.25, -0.2) is 4.98 Å². The molecule has 0 unspecified atom stereocenters. The fraction of sp³-hybridized carbons (Fsp3) is 0.304. The van der Waals surface area contributed by atoms with Crippen molar-refractivity contribution in [1.82, 2.24) is 9.88 Å². The number of aryl methyl sites for hydroxylation is 1. The Bertz CT molecular complexity index is 1030. The van der Waals surface area contributed by atoms with E-state index in [0.717, 1.165) is 16.5 Å². The Kier molecular flexibility index (Phi) is 6.69. The third kappa shape index (κ3) is 5.34. The Balaban J connectivity index is 1.41. The molecule has 2 aromatic carbocycles. The van der Waals surface area contributed by atoms with E-state index in [1.165, 1.54) is 16.9 Å². The molecule has 0 atom stereocenters. The molecule has 1 amide bonds. The molecule has 0 aliphatic carbocycles. The molecule has 162 valence electrons. The van der Waals surface area contributed by atoms with Gasteiger partial charge < -0.3 is 23.8 Å². The lowest BCUT2D eigenvalue weighted by Gasteiger charge is -2.21. The molecule has 1 aliphatic heterocycles. The van der Waals surface area contributed by atoms with Gasteiger partial charge in [-0.2, -0.15) is 0 Å². The lowest BCUT2D eigenvalue weighted by molar-refractivity contribution is 0.0677. The number of fused-ring (bicyclic) bond motifs is 1. The van der Waals surface area contributed by atoms with E-state index in [9.17, 15) is 4.79 Å². The second-order valence-corrected chi connectivity index (χ2v) is 8.06. The van der Waals surface area contributed by atoms with Crippen LogP contribution in [0.3, 0.4) is 0 Å². The van der Waals surface area contributed by atoms with Crippen molar-refractivity contribution in [3.8, 4) is 17.2 Å². The summed E-state index contributed by atoms with van der Waals surface area (Å²) >= 11 is 1.52. The number of ether oxygens (including phenoxy) is 4. The molecule has 0 spiro atoms. The van der Waals surface area contributed by atoms with E-state index in [1.54, 1.807) is 30.2 Å². The van der Waals surface area contributed by atoms with Gasteiger partial charge in [-0.15, -0.1) is 11.3 Å². The van der Waals surface area contributed by atoms with E-state index in [2.05, 4.69) is 4.98 Å². The van der Waals surface area contributed by atoms with Crippen LogP contribution in [-0.4, -0.2) is 42.8 Å². The first kappa shape index (κ1) is 21.1. The number of amides is 1. The van der Waals surface area contributed by atoms with Gasteiger partial charge in [0.2, 0.25) is 6.79 Å². The SMILES string of the molecule is COCCN(Cc1csc(COc2ccc(C)cc2)n1)C(=O)c1ccc2c(c1)OCO2. The van der Waals surface area contributed by atoms with Gasteiger partial charge in [-0.3, -0.25) is 4.79 Å². The van der Waals surface area contributed by atoms with Crippen molar-refractivity contribution in [1.29, 1.82) is 0 Å². The monoisotopic (exact) mass is 440 g/mol. The fourth-order valence-corrected chi connectivity index (χ4v) is 3.83. The summed E-state index contributed by atoms with van der Waals surface area (Å²) < 4.78 is 21.7. The third-order valence-corrected chi connectivity index (χ3v) is 5.68. The Morgan fingerprint density at radius 3 is 2.77 bits per heavy atom. The second-order valence-electron chi connectivity index (χ2n) is 7.12. The number of carbonyl (C=O) groups is 1. The molecule has 0 saturated heterocycles. The number of benzene rings is 2. The Morgan fingerprint density at radius 2 is 1.97 bits per heavy atom. The highest BCUT2D eigenvalue weighted by Gasteiger charge is 2.21. The van der Waals surface area contributed by atoms with Crippen LogP contribution in [0, 0.1) is 6.92 Å². The number of thiazole rings is 1. The average molecular weight is 441 g/mol. The zero-order valence-corrected chi connectivity index (χ0v) is 18.3. The summed E-state index contributed by atoms with van der Waals surface area (Å²) in [7, 11) is 1.62. The van der Waals surface area contributed by atoms with Crippen molar-refractivity contribution in [3.05, 3.63) is 69.7 Å². The molecule has 31 heavy (non-hydrogen) atoms. The molecule has 0 radical (unpaired) electrons. The average Bonchev–Trinajstić information content (AvgIpc) is 3.44. The van der Waals surface area contributed by atoms with Crippen LogP contribution in [0.1, 0.15) is 26.6 Å². The number of aromatic nitrogens is 1. The largest absolute Gasteiger partial charge is 0.486 e. The summed E-state index contributed by atoms with van der Waals surface area (Å²) in [5.41, 5.74) is 2.54. The van der Waals surface area contributed by atoms with Gasteiger partial charge >= 0.3 is 0 Å². The van der Waals surface area contributed by atoms with Gasteiger partial charge in [0.1, 0.15) is 17.4 Å². The highest BCUT2D eigenvalue weighted by molar-refractivity contribution is 7.09. The maximum atomic E-state index is 13.1. The van der Waals surface area contributed by atoms with Gasteiger partial charge in [0.25, 0.3) is 5.91 Å². The maximum Gasteiger partial charge on any atom is 0.254 e. The van der Waals surface area contributed by atoms with Gasteiger partial charge in [-0.1, -0.05) is 17.7 Å². The van der Waals surface area contributed by atoms with Crippen LogP contribution in [0.25, 0.3) is 0 Å². The summed E-state index contributed by atoms with van der Waals surface area (Å²) in [6, 6.07) is 13.1. The zero-order valence-electron chi connectivity index (χ0n) is 17.5. The molecule has 0 saturated carbocycles. The third-order valence-electron chi connectivity index (χ3n) is 4.81. The molecule has 1 aliphatic rings. The molecular formula is C23H24N2O5S. The molecular weight excluding hydrogens is 416 g/mol. The summed E-state index contributed by atoms with van der Waals surface area (Å²) in [4.78, 5) is 19.5. The topological polar surface area (TPSA) is 70.1 Å². The predicted molar refractivity (Wildman–Crippen MR) is 117 cm³/mol. The first-order chi connectivity index (χ1) is 15.1. The van der Waals surface area contributed by atoms with Gasteiger partial charge in [0.15, 0.2) is 11.5 Å². The predicted octanol–water partition coefficient (Wildman–Crippen LogP) is 4.05. The first-order valence-electron chi connectivity index (χ1n) is 9.93. The smallest absolute Gasteiger partial charge is 0.254 e.